The second kappa shape index (κ2) is 5.32. The van der Waals surface area contributed by atoms with E-state index in [2.05, 4.69) is 37.2 Å². The first-order chi connectivity index (χ1) is 7.66. The zero-order chi connectivity index (χ0) is 11.5. The number of hydrogen-bond donors (Lipinski definition) is 1. The summed E-state index contributed by atoms with van der Waals surface area (Å²) in [5, 5.41) is 3.07. The van der Waals surface area contributed by atoms with Crippen molar-refractivity contribution in [1.82, 2.24) is 5.32 Å². The van der Waals surface area contributed by atoms with Crippen molar-refractivity contribution in [1.29, 1.82) is 0 Å². The highest BCUT2D eigenvalue weighted by Gasteiger charge is 2.19. The average molecular weight is 347 g/mol. The molecule has 2 rings (SSSR count). The van der Waals surface area contributed by atoms with Gasteiger partial charge in [0, 0.05) is 15.0 Å². The standard InChI is InChI=1S/C12H13Br2NO/c13-8-5-6-10(11(14)7-8)12(16)15-9-3-1-2-4-9/h5-7,9H,1-4H2,(H,15,16). The summed E-state index contributed by atoms with van der Waals surface area (Å²) in [5.41, 5.74) is 0.704. The fraction of sp³-hybridized carbons (Fsp3) is 0.417. The highest BCUT2D eigenvalue weighted by Crippen LogP contribution is 2.23. The third kappa shape index (κ3) is 2.86. The number of hydrogen-bond acceptors (Lipinski definition) is 1. The molecule has 1 aromatic rings. The molecule has 0 unspecified atom stereocenters. The molecule has 1 aromatic carbocycles. The molecule has 0 spiro atoms. The lowest BCUT2D eigenvalue weighted by molar-refractivity contribution is 0.0937. The number of carbonyl (C=O) groups excluding carboxylic acids is 1. The molecule has 2 nitrogen and oxygen atoms in total. The maximum atomic E-state index is 12.0. The van der Waals surface area contributed by atoms with Crippen LogP contribution in [0.5, 0.6) is 0 Å². The molecule has 1 N–H and O–H groups in total. The van der Waals surface area contributed by atoms with E-state index < -0.39 is 0 Å². The van der Waals surface area contributed by atoms with Crippen molar-refractivity contribution < 1.29 is 4.79 Å². The van der Waals surface area contributed by atoms with E-state index in [1.54, 1.807) is 0 Å². The lowest BCUT2D eigenvalue weighted by Gasteiger charge is -2.12. The van der Waals surface area contributed by atoms with Gasteiger partial charge in [-0.2, -0.15) is 0 Å². The number of benzene rings is 1. The van der Waals surface area contributed by atoms with Gasteiger partial charge in [0.1, 0.15) is 0 Å². The van der Waals surface area contributed by atoms with Gasteiger partial charge in [0.25, 0.3) is 5.91 Å². The minimum absolute atomic E-state index is 0.0197. The number of halogens is 2. The summed E-state index contributed by atoms with van der Waals surface area (Å²) in [6, 6.07) is 5.97. The predicted molar refractivity (Wildman–Crippen MR) is 71.6 cm³/mol. The van der Waals surface area contributed by atoms with Gasteiger partial charge in [0.05, 0.1) is 5.56 Å². The lowest BCUT2D eigenvalue weighted by Crippen LogP contribution is -2.32. The Balaban J connectivity index is 2.08. The summed E-state index contributed by atoms with van der Waals surface area (Å²) in [5.74, 6) is 0.0197. The van der Waals surface area contributed by atoms with Crippen molar-refractivity contribution in [2.45, 2.75) is 31.7 Å². The molecular weight excluding hydrogens is 334 g/mol. The van der Waals surface area contributed by atoms with Crippen LogP contribution in [0.2, 0.25) is 0 Å². The maximum Gasteiger partial charge on any atom is 0.252 e. The largest absolute Gasteiger partial charge is 0.349 e. The molecular formula is C12H13Br2NO. The van der Waals surface area contributed by atoms with Crippen molar-refractivity contribution in [3.8, 4) is 0 Å². The van der Waals surface area contributed by atoms with Crippen LogP contribution in [0.3, 0.4) is 0 Å². The Morgan fingerprint density at radius 1 is 1.25 bits per heavy atom. The Hall–Kier alpha value is -0.350. The van der Waals surface area contributed by atoms with E-state index in [0.717, 1.165) is 21.8 Å². The molecule has 1 saturated carbocycles. The summed E-state index contributed by atoms with van der Waals surface area (Å²) < 4.78 is 1.80. The van der Waals surface area contributed by atoms with Crippen molar-refractivity contribution in [3.63, 3.8) is 0 Å². The van der Waals surface area contributed by atoms with Crippen LogP contribution in [0, 0.1) is 0 Å². The van der Waals surface area contributed by atoms with Crippen LogP contribution >= 0.6 is 31.9 Å². The average Bonchev–Trinajstić information content (AvgIpc) is 2.70. The van der Waals surface area contributed by atoms with Crippen LogP contribution in [0.15, 0.2) is 27.1 Å². The Labute approximate surface area is 112 Å². The summed E-state index contributed by atoms with van der Waals surface area (Å²) in [4.78, 5) is 12.0. The van der Waals surface area contributed by atoms with Crippen LogP contribution in [-0.4, -0.2) is 11.9 Å². The van der Waals surface area contributed by atoms with Gasteiger partial charge in [-0.3, -0.25) is 4.79 Å². The van der Waals surface area contributed by atoms with Gasteiger partial charge in [0.15, 0.2) is 0 Å². The Bertz CT molecular complexity index is 400. The monoisotopic (exact) mass is 345 g/mol. The quantitative estimate of drug-likeness (QED) is 0.864. The Kier molecular flexibility index (Phi) is 4.03. The lowest BCUT2D eigenvalue weighted by atomic mass is 10.2. The van der Waals surface area contributed by atoms with Crippen molar-refractivity contribution in [2.75, 3.05) is 0 Å². The van der Waals surface area contributed by atoms with E-state index in [4.69, 9.17) is 0 Å². The minimum Gasteiger partial charge on any atom is -0.349 e. The fourth-order valence-corrected chi connectivity index (χ4v) is 3.23. The summed E-state index contributed by atoms with van der Waals surface area (Å²) in [6.07, 6.45) is 4.68. The number of rotatable bonds is 2. The van der Waals surface area contributed by atoms with Crippen molar-refractivity contribution in [2.24, 2.45) is 0 Å². The van der Waals surface area contributed by atoms with E-state index in [9.17, 15) is 4.79 Å². The molecule has 0 aromatic heterocycles. The van der Waals surface area contributed by atoms with Gasteiger partial charge in [-0.25, -0.2) is 0 Å². The summed E-state index contributed by atoms with van der Waals surface area (Å²) >= 11 is 6.78. The van der Waals surface area contributed by atoms with E-state index in [0.29, 0.717) is 11.6 Å². The molecule has 0 radical (unpaired) electrons. The van der Waals surface area contributed by atoms with E-state index in [1.807, 2.05) is 18.2 Å². The molecule has 0 saturated heterocycles. The highest BCUT2D eigenvalue weighted by molar-refractivity contribution is 9.11. The first-order valence-electron chi connectivity index (χ1n) is 5.43. The van der Waals surface area contributed by atoms with Crippen LogP contribution in [0.25, 0.3) is 0 Å². The molecule has 0 heterocycles. The van der Waals surface area contributed by atoms with Gasteiger partial charge >= 0.3 is 0 Å². The second-order valence-electron chi connectivity index (χ2n) is 4.08. The van der Waals surface area contributed by atoms with Gasteiger partial charge in [0.2, 0.25) is 0 Å². The van der Waals surface area contributed by atoms with E-state index in [-0.39, 0.29) is 5.91 Å². The van der Waals surface area contributed by atoms with E-state index in [1.165, 1.54) is 12.8 Å². The molecule has 0 atom stereocenters. The highest BCUT2D eigenvalue weighted by atomic mass is 79.9. The van der Waals surface area contributed by atoms with Gasteiger partial charge in [-0.05, 0) is 47.0 Å². The molecule has 4 heteroatoms. The zero-order valence-electron chi connectivity index (χ0n) is 8.80. The fourth-order valence-electron chi connectivity index (χ4n) is 2.01. The van der Waals surface area contributed by atoms with Crippen LogP contribution in [-0.2, 0) is 0 Å². The zero-order valence-corrected chi connectivity index (χ0v) is 12.0. The number of carbonyl (C=O) groups is 1. The SMILES string of the molecule is O=C(NC1CCCC1)c1ccc(Br)cc1Br. The molecule has 1 fully saturated rings. The predicted octanol–water partition coefficient (Wildman–Crippen LogP) is 3.88. The molecule has 1 amide bonds. The van der Waals surface area contributed by atoms with E-state index >= 15 is 0 Å². The first-order valence-corrected chi connectivity index (χ1v) is 7.01. The summed E-state index contributed by atoms with van der Waals surface area (Å²) in [6.45, 7) is 0. The minimum atomic E-state index is 0.0197. The molecule has 0 aliphatic heterocycles. The molecule has 16 heavy (non-hydrogen) atoms. The summed E-state index contributed by atoms with van der Waals surface area (Å²) in [7, 11) is 0. The van der Waals surface area contributed by atoms with Crippen molar-refractivity contribution in [3.05, 3.63) is 32.7 Å². The third-order valence-corrected chi connectivity index (χ3v) is 4.02. The molecule has 1 aliphatic carbocycles. The van der Waals surface area contributed by atoms with Crippen LogP contribution < -0.4 is 5.32 Å². The molecule has 0 bridgehead atoms. The third-order valence-electron chi connectivity index (χ3n) is 2.87. The Morgan fingerprint density at radius 3 is 2.56 bits per heavy atom. The topological polar surface area (TPSA) is 29.1 Å². The first kappa shape index (κ1) is 12.1. The van der Waals surface area contributed by atoms with Crippen LogP contribution in [0.1, 0.15) is 36.0 Å². The normalized spacial score (nSPS) is 16.4. The van der Waals surface area contributed by atoms with Gasteiger partial charge in [-0.1, -0.05) is 28.8 Å². The number of nitrogens with one attached hydrogen (secondary N) is 1. The van der Waals surface area contributed by atoms with Gasteiger partial charge < -0.3 is 5.32 Å². The maximum absolute atomic E-state index is 12.0. The molecule has 1 aliphatic rings. The van der Waals surface area contributed by atoms with Crippen molar-refractivity contribution >= 4 is 37.8 Å². The van der Waals surface area contributed by atoms with Gasteiger partial charge in [-0.15, -0.1) is 0 Å². The van der Waals surface area contributed by atoms with Crippen LogP contribution in [0.4, 0.5) is 0 Å². The Morgan fingerprint density at radius 2 is 1.94 bits per heavy atom. The second-order valence-corrected chi connectivity index (χ2v) is 5.85. The molecule has 86 valence electrons. The number of amides is 1. The smallest absolute Gasteiger partial charge is 0.252 e.